The number of carbonyl (C=O) groups is 2. The monoisotopic (exact) mass is 322 g/mol. The second-order valence-corrected chi connectivity index (χ2v) is 6.11. The SMILES string of the molecule is CCOC(=O)Oc1cc2c(c(NC(=O)N(C)C)c1)OC(C)(C)C2. The quantitative estimate of drug-likeness (QED) is 0.684. The average Bonchev–Trinajstić information content (AvgIpc) is 2.73. The third-order valence-electron chi connectivity index (χ3n) is 3.25. The fourth-order valence-electron chi connectivity index (χ4n) is 2.30. The van der Waals surface area contributed by atoms with E-state index in [0.717, 1.165) is 5.56 Å². The lowest BCUT2D eigenvalue weighted by Gasteiger charge is -2.19. The number of ether oxygens (including phenoxy) is 3. The zero-order chi connectivity index (χ0) is 17.2. The number of fused-ring (bicyclic) bond motifs is 1. The molecule has 0 radical (unpaired) electrons. The van der Waals surface area contributed by atoms with Crippen molar-refractivity contribution in [3.05, 3.63) is 17.7 Å². The van der Waals surface area contributed by atoms with Gasteiger partial charge < -0.3 is 24.4 Å². The normalized spacial score (nSPS) is 14.5. The number of anilines is 1. The van der Waals surface area contributed by atoms with Crippen LogP contribution in [-0.4, -0.2) is 43.4 Å². The van der Waals surface area contributed by atoms with Crippen molar-refractivity contribution in [2.45, 2.75) is 32.8 Å². The lowest BCUT2D eigenvalue weighted by molar-refractivity contribution is 0.104. The van der Waals surface area contributed by atoms with Gasteiger partial charge >= 0.3 is 12.2 Å². The molecule has 0 aliphatic carbocycles. The molecule has 7 nitrogen and oxygen atoms in total. The highest BCUT2D eigenvalue weighted by atomic mass is 16.7. The van der Waals surface area contributed by atoms with Gasteiger partial charge in [0.1, 0.15) is 17.1 Å². The number of benzene rings is 1. The molecule has 2 amide bonds. The first-order valence-corrected chi connectivity index (χ1v) is 7.40. The molecule has 7 heteroatoms. The Kier molecular flexibility index (Phi) is 4.68. The standard InChI is InChI=1S/C16H22N2O5/c1-6-21-15(20)22-11-7-10-9-16(2,3)23-13(10)12(8-11)17-14(19)18(4)5/h7-8H,6,9H2,1-5H3,(H,17,19). The fourth-order valence-corrected chi connectivity index (χ4v) is 2.30. The van der Waals surface area contributed by atoms with Crippen LogP contribution in [0.4, 0.5) is 15.3 Å². The predicted molar refractivity (Wildman–Crippen MR) is 85.2 cm³/mol. The Morgan fingerprint density at radius 2 is 2.04 bits per heavy atom. The lowest BCUT2D eigenvalue weighted by Crippen LogP contribution is -2.28. The van der Waals surface area contributed by atoms with Crippen molar-refractivity contribution >= 4 is 17.9 Å². The van der Waals surface area contributed by atoms with E-state index >= 15 is 0 Å². The van der Waals surface area contributed by atoms with Gasteiger partial charge in [0.05, 0.1) is 12.3 Å². The molecule has 0 saturated heterocycles. The Hall–Kier alpha value is -2.44. The molecule has 0 saturated carbocycles. The van der Waals surface area contributed by atoms with Crippen LogP contribution in [0.25, 0.3) is 0 Å². The molecule has 1 aliphatic heterocycles. The maximum atomic E-state index is 11.9. The zero-order valence-corrected chi connectivity index (χ0v) is 14.1. The number of nitrogens with one attached hydrogen (secondary N) is 1. The van der Waals surface area contributed by atoms with Gasteiger partial charge in [-0.25, -0.2) is 9.59 Å². The van der Waals surface area contributed by atoms with E-state index in [9.17, 15) is 9.59 Å². The third-order valence-corrected chi connectivity index (χ3v) is 3.25. The van der Waals surface area contributed by atoms with E-state index in [1.165, 1.54) is 4.90 Å². The molecule has 23 heavy (non-hydrogen) atoms. The van der Waals surface area contributed by atoms with Crippen LogP contribution in [-0.2, 0) is 11.2 Å². The van der Waals surface area contributed by atoms with Gasteiger partial charge in [0.25, 0.3) is 0 Å². The smallest absolute Gasteiger partial charge is 0.485 e. The van der Waals surface area contributed by atoms with Gasteiger partial charge in [0.2, 0.25) is 0 Å². The molecule has 0 unspecified atom stereocenters. The Bertz CT molecular complexity index is 625. The van der Waals surface area contributed by atoms with Crippen molar-refractivity contribution < 1.29 is 23.8 Å². The maximum absolute atomic E-state index is 11.9. The minimum atomic E-state index is -0.782. The summed E-state index contributed by atoms with van der Waals surface area (Å²) in [7, 11) is 3.28. The number of carbonyl (C=O) groups excluding carboxylic acids is 2. The number of amides is 2. The summed E-state index contributed by atoms with van der Waals surface area (Å²) in [5.74, 6) is 0.902. The van der Waals surface area contributed by atoms with E-state index in [4.69, 9.17) is 14.2 Å². The van der Waals surface area contributed by atoms with Crippen LogP contribution >= 0.6 is 0 Å². The topological polar surface area (TPSA) is 77.1 Å². The molecule has 0 atom stereocenters. The van der Waals surface area contributed by atoms with Crippen LogP contribution in [0.1, 0.15) is 26.3 Å². The summed E-state index contributed by atoms with van der Waals surface area (Å²) in [6.07, 6.45) is -0.136. The van der Waals surface area contributed by atoms with Gasteiger partial charge in [0.15, 0.2) is 0 Å². The zero-order valence-electron chi connectivity index (χ0n) is 14.1. The van der Waals surface area contributed by atoms with Crippen molar-refractivity contribution in [1.82, 2.24) is 4.90 Å². The molecule has 2 rings (SSSR count). The third kappa shape index (κ3) is 4.06. The maximum Gasteiger partial charge on any atom is 0.513 e. The summed E-state index contributed by atoms with van der Waals surface area (Å²) in [6, 6.07) is 2.99. The molecule has 126 valence electrons. The van der Waals surface area contributed by atoms with Crippen LogP contribution in [0.3, 0.4) is 0 Å². The van der Waals surface area contributed by atoms with Crippen LogP contribution in [0, 0.1) is 0 Å². The first-order chi connectivity index (χ1) is 10.7. The van der Waals surface area contributed by atoms with E-state index < -0.39 is 6.16 Å². The number of hydrogen-bond donors (Lipinski definition) is 1. The molecule has 1 heterocycles. The van der Waals surface area contributed by atoms with Crippen molar-refractivity contribution in [2.24, 2.45) is 0 Å². The second-order valence-electron chi connectivity index (χ2n) is 6.11. The Labute approximate surface area is 135 Å². The summed E-state index contributed by atoms with van der Waals surface area (Å²) in [5.41, 5.74) is 0.944. The van der Waals surface area contributed by atoms with Gasteiger partial charge in [-0.05, 0) is 26.8 Å². The van der Waals surface area contributed by atoms with Gasteiger partial charge in [-0.1, -0.05) is 0 Å². The number of hydrogen-bond acceptors (Lipinski definition) is 5. The molecule has 1 aromatic rings. The molecule has 0 bridgehead atoms. The van der Waals surface area contributed by atoms with Crippen molar-refractivity contribution in [2.75, 3.05) is 26.0 Å². The van der Waals surface area contributed by atoms with Crippen molar-refractivity contribution in [1.29, 1.82) is 0 Å². The van der Waals surface area contributed by atoms with Crippen molar-refractivity contribution in [3.8, 4) is 11.5 Å². The molecular weight excluding hydrogens is 300 g/mol. The van der Waals surface area contributed by atoms with E-state index in [1.54, 1.807) is 33.2 Å². The first-order valence-electron chi connectivity index (χ1n) is 7.40. The summed E-state index contributed by atoms with van der Waals surface area (Å²) < 4.78 is 15.8. The number of nitrogens with zero attached hydrogens (tertiary/aromatic N) is 1. The molecule has 0 aromatic heterocycles. The van der Waals surface area contributed by atoms with Crippen LogP contribution < -0.4 is 14.8 Å². The second kappa shape index (κ2) is 6.36. The number of urea groups is 1. The van der Waals surface area contributed by atoms with E-state index in [1.807, 2.05) is 13.8 Å². The highest BCUT2D eigenvalue weighted by Crippen LogP contribution is 2.43. The minimum Gasteiger partial charge on any atom is -0.485 e. The van der Waals surface area contributed by atoms with Gasteiger partial charge in [-0.2, -0.15) is 0 Å². The van der Waals surface area contributed by atoms with E-state index in [0.29, 0.717) is 23.6 Å². The highest BCUT2D eigenvalue weighted by Gasteiger charge is 2.33. The molecule has 0 fully saturated rings. The summed E-state index contributed by atoms with van der Waals surface area (Å²) in [5, 5.41) is 2.76. The van der Waals surface area contributed by atoms with Gasteiger partial charge in [-0.15, -0.1) is 0 Å². The van der Waals surface area contributed by atoms with Crippen molar-refractivity contribution in [3.63, 3.8) is 0 Å². The van der Waals surface area contributed by atoms with Crippen LogP contribution in [0.5, 0.6) is 11.5 Å². The molecule has 1 aromatic carbocycles. The fraction of sp³-hybridized carbons (Fsp3) is 0.500. The largest absolute Gasteiger partial charge is 0.513 e. The Morgan fingerprint density at radius 3 is 2.65 bits per heavy atom. The van der Waals surface area contributed by atoms with Crippen LogP contribution in [0.2, 0.25) is 0 Å². The number of rotatable bonds is 3. The summed E-state index contributed by atoms with van der Waals surface area (Å²) in [4.78, 5) is 24.9. The Balaban J connectivity index is 2.33. The molecular formula is C16H22N2O5. The molecule has 0 spiro atoms. The van der Waals surface area contributed by atoms with Gasteiger partial charge in [0, 0.05) is 32.1 Å². The molecule has 1 aliphatic rings. The summed E-state index contributed by atoms with van der Waals surface area (Å²) >= 11 is 0. The Morgan fingerprint density at radius 1 is 1.35 bits per heavy atom. The first kappa shape index (κ1) is 16.9. The lowest BCUT2D eigenvalue weighted by atomic mass is 10.0. The molecule has 1 N–H and O–H groups in total. The van der Waals surface area contributed by atoms with Gasteiger partial charge in [-0.3, -0.25) is 0 Å². The van der Waals surface area contributed by atoms with Crippen LogP contribution in [0.15, 0.2) is 12.1 Å². The van der Waals surface area contributed by atoms with E-state index in [-0.39, 0.29) is 18.2 Å². The minimum absolute atomic E-state index is 0.226. The highest BCUT2D eigenvalue weighted by molar-refractivity contribution is 5.91. The average molecular weight is 322 g/mol. The summed E-state index contributed by atoms with van der Waals surface area (Å²) in [6.45, 7) is 5.83. The van der Waals surface area contributed by atoms with E-state index in [2.05, 4.69) is 5.32 Å². The predicted octanol–water partition coefficient (Wildman–Crippen LogP) is 3.03.